The fourth-order valence-corrected chi connectivity index (χ4v) is 5.03. The lowest BCUT2D eigenvalue weighted by Gasteiger charge is -2.21. The summed E-state index contributed by atoms with van der Waals surface area (Å²) in [7, 11) is 0. The lowest BCUT2D eigenvalue weighted by atomic mass is 9.84. The van der Waals surface area contributed by atoms with Crippen LogP contribution in [0.3, 0.4) is 0 Å². The topological polar surface area (TPSA) is 0 Å². The van der Waals surface area contributed by atoms with Crippen molar-refractivity contribution >= 4 is 32.3 Å². The van der Waals surface area contributed by atoms with E-state index in [9.17, 15) is 0 Å². The first-order chi connectivity index (χ1) is 12.4. The van der Waals surface area contributed by atoms with Gasteiger partial charge in [-0.3, -0.25) is 0 Å². The van der Waals surface area contributed by atoms with Crippen molar-refractivity contribution in [3.63, 3.8) is 0 Å². The van der Waals surface area contributed by atoms with Gasteiger partial charge < -0.3 is 0 Å². The van der Waals surface area contributed by atoms with Gasteiger partial charge in [-0.15, -0.1) is 0 Å². The van der Waals surface area contributed by atoms with Gasteiger partial charge in [0.15, 0.2) is 0 Å². The van der Waals surface area contributed by atoms with Crippen LogP contribution in [0.1, 0.15) is 50.5 Å². The van der Waals surface area contributed by atoms with Crippen LogP contribution in [0.4, 0.5) is 0 Å². The van der Waals surface area contributed by atoms with Gasteiger partial charge in [0, 0.05) is 0 Å². The first kappa shape index (κ1) is 15.2. The summed E-state index contributed by atoms with van der Waals surface area (Å²) < 4.78 is 0. The highest BCUT2D eigenvalue weighted by Crippen LogP contribution is 2.37. The van der Waals surface area contributed by atoms with Crippen LogP contribution in [-0.4, -0.2) is 0 Å². The van der Waals surface area contributed by atoms with Crippen molar-refractivity contribution in [3.05, 3.63) is 60.2 Å². The third-order valence-electron chi connectivity index (χ3n) is 6.35. The van der Waals surface area contributed by atoms with Crippen molar-refractivity contribution in [2.24, 2.45) is 5.92 Å². The second-order valence-electron chi connectivity index (χ2n) is 8.00. The molecular weight excluding hydrogens is 300 g/mol. The highest BCUT2D eigenvalue weighted by atomic mass is 14.2. The molecular formula is C25H26. The minimum Gasteiger partial charge on any atom is -0.0610 e. The maximum atomic E-state index is 2.40. The van der Waals surface area contributed by atoms with Gasteiger partial charge in [-0.2, -0.15) is 0 Å². The second kappa shape index (κ2) is 6.33. The second-order valence-corrected chi connectivity index (χ2v) is 8.00. The van der Waals surface area contributed by atoms with Gasteiger partial charge in [-0.1, -0.05) is 99.5 Å². The summed E-state index contributed by atoms with van der Waals surface area (Å²) in [6, 6.07) is 20.7. The van der Waals surface area contributed by atoms with Crippen LogP contribution in [0.2, 0.25) is 0 Å². The molecule has 4 aromatic rings. The minimum absolute atomic E-state index is 0.874. The Morgan fingerprint density at radius 2 is 1.20 bits per heavy atom. The van der Waals surface area contributed by atoms with Crippen molar-refractivity contribution in [1.29, 1.82) is 0 Å². The summed E-state index contributed by atoms with van der Waals surface area (Å²) in [4.78, 5) is 0. The van der Waals surface area contributed by atoms with Crippen LogP contribution in [0.5, 0.6) is 0 Å². The molecule has 0 saturated heterocycles. The highest BCUT2D eigenvalue weighted by Gasteiger charge is 2.15. The zero-order chi connectivity index (χ0) is 16.6. The maximum Gasteiger partial charge on any atom is -0.00240 e. The summed E-state index contributed by atoms with van der Waals surface area (Å²) in [5, 5.41) is 8.57. The lowest BCUT2D eigenvalue weighted by molar-refractivity contribution is 0.377. The van der Waals surface area contributed by atoms with Gasteiger partial charge in [0.2, 0.25) is 0 Å². The molecule has 0 aliphatic heterocycles. The lowest BCUT2D eigenvalue weighted by Crippen LogP contribution is -2.07. The molecule has 126 valence electrons. The summed E-state index contributed by atoms with van der Waals surface area (Å²) >= 11 is 0. The number of hydrogen-bond donors (Lipinski definition) is 0. The van der Waals surface area contributed by atoms with Crippen molar-refractivity contribution in [1.82, 2.24) is 0 Å². The first-order valence-electron chi connectivity index (χ1n) is 10.1. The molecule has 0 aromatic heterocycles. The number of hydrogen-bond acceptors (Lipinski definition) is 0. The van der Waals surface area contributed by atoms with Gasteiger partial charge in [0.25, 0.3) is 0 Å². The number of rotatable bonds is 2. The fraction of sp³-hybridized carbons (Fsp3) is 0.360. The van der Waals surface area contributed by atoms with Crippen molar-refractivity contribution < 1.29 is 0 Å². The van der Waals surface area contributed by atoms with Gasteiger partial charge in [0.1, 0.15) is 0 Å². The van der Waals surface area contributed by atoms with E-state index in [4.69, 9.17) is 0 Å². The normalized spacial score (nSPS) is 17.3. The Morgan fingerprint density at radius 1 is 0.600 bits per heavy atom. The van der Waals surface area contributed by atoms with Gasteiger partial charge in [0.05, 0.1) is 0 Å². The molecule has 1 saturated carbocycles. The van der Waals surface area contributed by atoms with E-state index in [1.165, 1.54) is 83.7 Å². The molecule has 4 aromatic carbocycles. The summed E-state index contributed by atoms with van der Waals surface area (Å²) in [5.41, 5.74) is 1.57. The zero-order valence-electron chi connectivity index (χ0n) is 14.9. The Labute approximate surface area is 150 Å². The molecule has 0 N–H and O–H groups in total. The molecule has 0 spiro atoms. The SMILES string of the molecule is c1cc2ccc3ccc(CC4CCCCCCC4)c4ccc(c1)c2c34. The third-order valence-corrected chi connectivity index (χ3v) is 6.35. The van der Waals surface area contributed by atoms with Crippen molar-refractivity contribution in [2.75, 3.05) is 0 Å². The van der Waals surface area contributed by atoms with E-state index in [1.807, 2.05) is 0 Å². The molecule has 0 unspecified atom stereocenters. The van der Waals surface area contributed by atoms with E-state index in [0.717, 1.165) is 5.92 Å². The molecule has 0 bridgehead atoms. The first-order valence-corrected chi connectivity index (χ1v) is 10.1. The van der Waals surface area contributed by atoms with Gasteiger partial charge in [-0.05, 0) is 50.2 Å². The van der Waals surface area contributed by atoms with Crippen LogP contribution < -0.4 is 0 Å². The molecule has 5 rings (SSSR count). The molecule has 1 aliphatic carbocycles. The Morgan fingerprint density at radius 3 is 1.96 bits per heavy atom. The monoisotopic (exact) mass is 326 g/mol. The fourth-order valence-electron chi connectivity index (χ4n) is 5.03. The van der Waals surface area contributed by atoms with Crippen LogP contribution in [0.25, 0.3) is 32.3 Å². The van der Waals surface area contributed by atoms with E-state index in [0.29, 0.717) is 0 Å². The Balaban J connectivity index is 1.63. The minimum atomic E-state index is 0.874. The van der Waals surface area contributed by atoms with Crippen molar-refractivity contribution in [3.8, 4) is 0 Å². The Hall–Kier alpha value is -2.08. The average molecular weight is 326 g/mol. The Bertz CT molecular complexity index is 987. The van der Waals surface area contributed by atoms with Crippen molar-refractivity contribution in [2.45, 2.75) is 51.4 Å². The zero-order valence-corrected chi connectivity index (χ0v) is 14.9. The van der Waals surface area contributed by atoms with Crippen LogP contribution in [0, 0.1) is 5.92 Å². The van der Waals surface area contributed by atoms with Gasteiger partial charge >= 0.3 is 0 Å². The third kappa shape index (κ3) is 2.68. The predicted octanol–water partition coefficient (Wildman–Crippen LogP) is 7.49. The van der Waals surface area contributed by atoms with E-state index in [1.54, 1.807) is 5.56 Å². The van der Waals surface area contributed by atoms with E-state index in [-0.39, 0.29) is 0 Å². The molecule has 0 heteroatoms. The van der Waals surface area contributed by atoms with Gasteiger partial charge in [-0.25, -0.2) is 0 Å². The Kier molecular flexibility index (Phi) is 3.85. The highest BCUT2D eigenvalue weighted by molar-refractivity contribution is 6.23. The molecule has 0 nitrogen and oxygen atoms in total. The molecule has 0 heterocycles. The van der Waals surface area contributed by atoms with Crippen LogP contribution in [-0.2, 0) is 6.42 Å². The molecule has 1 fully saturated rings. The predicted molar refractivity (Wildman–Crippen MR) is 110 cm³/mol. The van der Waals surface area contributed by atoms with Crippen LogP contribution >= 0.6 is 0 Å². The summed E-state index contributed by atoms with van der Waals surface area (Å²) in [6.45, 7) is 0. The molecule has 0 atom stereocenters. The number of benzene rings is 4. The molecule has 25 heavy (non-hydrogen) atoms. The average Bonchev–Trinajstić information content (AvgIpc) is 2.63. The maximum absolute atomic E-state index is 2.40. The summed E-state index contributed by atoms with van der Waals surface area (Å²) in [6.07, 6.45) is 11.3. The summed E-state index contributed by atoms with van der Waals surface area (Å²) in [5.74, 6) is 0.874. The quantitative estimate of drug-likeness (QED) is 0.335. The molecule has 0 amide bonds. The largest absolute Gasteiger partial charge is 0.0610 e. The van der Waals surface area contributed by atoms with Crippen LogP contribution in [0.15, 0.2) is 54.6 Å². The molecule has 0 radical (unpaired) electrons. The molecule has 1 aliphatic rings. The van der Waals surface area contributed by atoms with E-state index < -0.39 is 0 Å². The van der Waals surface area contributed by atoms with E-state index in [2.05, 4.69) is 54.6 Å². The standard InChI is InChI=1S/C25H26/c1-2-4-7-18(8-5-3-1)17-22-14-13-21-12-11-19-9-6-10-20-15-16-23(22)25(21)24(19)20/h6,9-16,18H,1-5,7-8,17H2. The smallest absolute Gasteiger partial charge is 0.00240 e. The van der Waals surface area contributed by atoms with E-state index >= 15 is 0 Å².